The molecule has 0 fully saturated rings. The van der Waals surface area contributed by atoms with Gasteiger partial charge in [-0.15, -0.1) is 0 Å². The van der Waals surface area contributed by atoms with Crippen LogP contribution in [-0.4, -0.2) is 5.56 Å². The van der Waals surface area contributed by atoms with Gasteiger partial charge in [0.25, 0.3) is 0 Å². The fourth-order valence-electron chi connectivity index (χ4n) is 4.21. The van der Waals surface area contributed by atoms with E-state index in [4.69, 9.17) is 0 Å². The number of rotatable bonds is 1. The van der Waals surface area contributed by atoms with E-state index >= 15 is 0 Å². The molecule has 0 spiro atoms. The molecule has 28 heavy (non-hydrogen) atoms. The molecule has 0 unspecified atom stereocenters. The second-order valence-electron chi connectivity index (χ2n) is 7.06. The molecule has 0 aliphatic carbocycles. The molecule has 0 bridgehead atoms. The monoisotopic (exact) mass is 584 g/mol. The highest BCUT2D eigenvalue weighted by atomic mass is 127. The molecule has 4 aromatic carbocycles. The molecular formula is C24H14I2N2. The highest BCUT2D eigenvalue weighted by molar-refractivity contribution is 14.1. The molecule has 6 rings (SSSR count). The first kappa shape index (κ1) is 16.9. The molecule has 2 nitrogen and oxygen atoms in total. The number of hydrogen-bond acceptors (Lipinski definition) is 0. The lowest BCUT2D eigenvalue weighted by Gasteiger charge is -2.04. The number of nitrogens with zero attached hydrogens (tertiary/aromatic N) is 2. The van der Waals surface area contributed by atoms with E-state index in [9.17, 15) is 0 Å². The summed E-state index contributed by atoms with van der Waals surface area (Å²) >= 11 is 4.80. The van der Waals surface area contributed by atoms with Crippen molar-refractivity contribution in [1.82, 2.24) is 5.56 Å². The number of halogens is 2. The Morgan fingerprint density at radius 1 is 0.429 bits per heavy atom. The standard InChI is InChI=1S/C24H14I2N2/c25-27-22-8-4-2-6-18(22)20-13-15(10-12-23(20)27)16-9-11-19-17-5-1-3-7-21(17)28(26)24(19)14-16/h1-14H. The molecule has 0 aliphatic heterocycles. The molecule has 2 heterocycles. The fourth-order valence-corrected chi connectivity index (χ4v) is 5.87. The topological polar surface area (TPSA) is 9.86 Å². The van der Waals surface area contributed by atoms with Crippen LogP contribution < -0.4 is 0 Å². The van der Waals surface area contributed by atoms with Crippen molar-refractivity contribution in [3.63, 3.8) is 0 Å². The Labute approximate surface area is 189 Å². The first-order valence-electron chi connectivity index (χ1n) is 9.11. The third-order valence-corrected chi connectivity index (χ3v) is 7.64. The SMILES string of the molecule is In1c2ccccc2c2cc(-c3ccc4c5ccccc5n(I)c4c3)ccc21. The van der Waals surface area contributed by atoms with E-state index in [1.807, 2.05) is 0 Å². The predicted octanol–water partition coefficient (Wildman–Crippen LogP) is 7.97. The van der Waals surface area contributed by atoms with Crippen molar-refractivity contribution in [2.24, 2.45) is 0 Å². The van der Waals surface area contributed by atoms with E-state index < -0.39 is 0 Å². The van der Waals surface area contributed by atoms with Crippen LogP contribution in [0.15, 0.2) is 84.9 Å². The molecular weight excluding hydrogens is 570 g/mol. The number of fused-ring (bicyclic) bond motifs is 6. The molecule has 0 radical (unpaired) electrons. The lowest BCUT2D eigenvalue weighted by Crippen LogP contribution is -1.82. The van der Waals surface area contributed by atoms with E-state index in [0.717, 1.165) is 0 Å². The molecule has 6 aromatic rings. The second kappa shape index (κ2) is 6.22. The van der Waals surface area contributed by atoms with Crippen molar-refractivity contribution in [3.05, 3.63) is 84.9 Å². The van der Waals surface area contributed by atoms with Crippen molar-refractivity contribution in [2.75, 3.05) is 0 Å². The van der Waals surface area contributed by atoms with Gasteiger partial charge in [-0.25, -0.2) is 0 Å². The lowest BCUT2D eigenvalue weighted by molar-refractivity contribution is 1.49. The molecule has 134 valence electrons. The Morgan fingerprint density at radius 2 is 0.929 bits per heavy atom. The first-order valence-corrected chi connectivity index (χ1v) is 11.0. The van der Waals surface area contributed by atoms with Gasteiger partial charge in [-0.1, -0.05) is 54.6 Å². The van der Waals surface area contributed by atoms with Gasteiger partial charge in [0.05, 0.1) is 67.8 Å². The van der Waals surface area contributed by atoms with Crippen molar-refractivity contribution < 1.29 is 0 Å². The van der Waals surface area contributed by atoms with Crippen molar-refractivity contribution in [2.45, 2.75) is 0 Å². The predicted molar refractivity (Wildman–Crippen MR) is 137 cm³/mol. The van der Waals surface area contributed by atoms with Crippen molar-refractivity contribution >= 4 is 89.3 Å². The summed E-state index contributed by atoms with van der Waals surface area (Å²) in [5.41, 5.74) is 7.55. The van der Waals surface area contributed by atoms with Crippen LogP contribution in [0, 0.1) is 0 Å². The summed E-state index contributed by atoms with van der Waals surface area (Å²) in [6.45, 7) is 0. The van der Waals surface area contributed by atoms with Gasteiger partial charge in [-0.2, -0.15) is 0 Å². The van der Waals surface area contributed by atoms with Gasteiger partial charge in [0, 0.05) is 21.5 Å². The summed E-state index contributed by atoms with van der Waals surface area (Å²) in [5, 5.41) is 5.22. The van der Waals surface area contributed by atoms with Gasteiger partial charge < -0.3 is 0 Å². The molecule has 0 saturated heterocycles. The fraction of sp³-hybridized carbons (Fsp3) is 0. The zero-order valence-electron chi connectivity index (χ0n) is 14.7. The van der Waals surface area contributed by atoms with E-state index in [0.29, 0.717) is 0 Å². The number of para-hydroxylation sites is 2. The average molecular weight is 584 g/mol. The maximum Gasteiger partial charge on any atom is 0.0646 e. The molecule has 0 aliphatic rings. The lowest BCUT2D eigenvalue weighted by atomic mass is 10.0. The maximum absolute atomic E-state index is 2.41. The highest BCUT2D eigenvalue weighted by Crippen LogP contribution is 2.36. The summed E-state index contributed by atoms with van der Waals surface area (Å²) in [6, 6.07) is 30.8. The van der Waals surface area contributed by atoms with E-state index in [1.54, 1.807) is 0 Å². The Morgan fingerprint density at radius 3 is 1.68 bits per heavy atom. The van der Waals surface area contributed by atoms with Gasteiger partial charge in [0.15, 0.2) is 0 Å². The Bertz CT molecular complexity index is 1540. The first-order chi connectivity index (χ1) is 13.7. The molecule has 4 heteroatoms. The Kier molecular flexibility index (Phi) is 3.74. The Hall–Kier alpha value is -2.06. The third kappa shape index (κ3) is 2.30. The highest BCUT2D eigenvalue weighted by Gasteiger charge is 2.12. The number of aromatic nitrogens is 2. The normalized spacial score (nSPS) is 11.9. The van der Waals surface area contributed by atoms with Crippen molar-refractivity contribution in [1.29, 1.82) is 0 Å². The minimum absolute atomic E-state index is 1.25. The molecule has 0 amide bonds. The van der Waals surface area contributed by atoms with Crippen LogP contribution in [0.25, 0.3) is 54.7 Å². The number of benzene rings is 4. The van der Waals surface area contributed by atoms with E-state index in [1.165, 1.54) is 54.7 Å². The Balaban J connectivity index is 1.62. The van der Waals surface area contributed by atoms with E-state index in [-0.39, 0.29) is 0 Å². The van der Waals surface area contributed by atoms with Crippen LogP contribution >= 0.6 is 45.7 Å². The molecule has 0 atom stereocenters. The van der Waals surface area contributed by atoms with Crippen LogP contribution in [0.2, 0.25) is 0 Å². The quantitative estimate of drug-likeness (QED) is 0.174. The minimum Gasteiger partial charge on any atom is -0.282 e. The number of hydrogen-bond donors (Lipinski definition) is 0. The van der Waals surface area contributed by atoms with Crippen molar-refractivity contribution in [3.8, 4) is 11.1 Å². The smallest absolute Gasteiger partial charge is 0.0646 e. The van der Waals surface area contributed by atoms with Crippen LogP contribution in [0.5, 0.6) is 0 Å². The van der Waals surface area contributed by atoms with Gasteiger partial charge in [-0.3, -0.25) is 5.56 Å². The van der Waals surface area contributed by atoms with Gasteiger partial charge in [-0.05, 0) is 41.5 Å². The largest absolute Gasteiger partial charge is 0.282 e. The van der Waals surface area contributed by atoms with Crippen LogP contribution in [0.4, 0.5) is 0 Å². The zero-order chi connectivity index (χ0) is 18.8. The zero-order valence-corrected chi connectivity index (χ0v) is 19.0. The third-order valence-electron chi connectivity index (χ3n) is 5.56. The van der Waals surface area contributed by atoms with E-state index in [2.05, 4.69) is 136 Å². The average Bonchev–Trinajstić information content (AvgIpc) is 3.20. The molecule has 0 N–H and O–H groups in total. The van der Waals surface area contributed by atoms with Gasteiger partial charge >= 0.3 is 0 Å². The maximum atomic E-state index is 2.41. The van der Waals surface area contributed by atoms with Crippen LogP contribution in [-0.2, 0) is 0 Å². The summed E-state index contributed by atoms with van der Waals surface area (Å²) in [4.78, 5) is 0. The van der Waals surface area contributed by atoms with Gasteiger partial charge in [0.2, 0.25) is 0 Å². The van der Waals surface area contributed by atoms with Crippen LogP contribution in [0.3, 0.4) is 0 Å². The van der Waals surface area contributed by atoms with Crippen LogP contribution in [0.1, 0.15) is 0 Å². The van der Waals surface area contributed by atoms with Gasteiger partial charge in [0.1, 0.15) is 0 Å². The molecule has 2 aromatic heterocycles. The summed E-state index contributed by atoms with van der Waals surface area (Å²) < 4.78 is 4.51. The summed E-state index contributed by atoms with van der Waals surface area (Å²) in [5.74, 6) is 0. The minimum atomic E-state index is 1.25. The summed E-state index contributed by atoms with van der Waals surface area (Å²) in [6.07, 6.45) is 0. The summed E-state index contributed by atoms with van der Waals surface area (Å²) in [7, 11) is 0. The molecule has 0 saturated carbocycles. The second-order valence-corrected chi connectivity index (χ2v) is 8.99.